The van der Waals surface area contributed by atoms with Crippen LogP contribution < -0.4 is 0 Å². The molecule has 346 valence electrons. The van der Waals surface area contributed by atoms with Crippen molar-refractivity contribution in [3.63, 3.8) is 0 Å². The lowest BCUT2D eigenvalue weighted by atomic mass is 9.85. The van der Waals surface area contributed by atoms with Crippen molar-refractivity contribution in [2.24, 2.45) is 0 Å². The van der Waals surface area contributed by atoms with Crippen molar-refractivity contribution >= 4 is 13.8 Å². The average Bonchev–Trinajstić information content (AvgIpc) is 3.23. The maximum absolute atomic E-state index is 12.8. The molecule has 1 aliphatic rings. The zero-order valence-corrected chi connectivity index (χ0v) is 37.6. The molecule has 13 heteroatoms. The Balaban J connectivity index is 2.42. The number of aliphatic hydroxyl groups is 5. The van der Waals surface area contributed by atoms with Crippen LogP contribution in [-0.4, -0.2) is 98.9 Å². The van der Waals surface area contributed by atoms with E-state index in [-0.39, 0.29) is 13.0 Å². The van der Waals surface area contributed by atoms with Crippen molar-refractivity contribution in [2.75, 3.05) is 19.8 Å². The minimum absolute atomic E-state index is 0.0940. The summed E-state index contributed by atoms with van der Waals surface area (Å²) in [7, 11) is -5.03. The van der Waals surface area contributed by atoms with E-state index in [1.165, 1.54) is 6.42 Å². The zero-order chi connectivity index (χ0) is 44.1. The van der Waals surface area contributed by atoms with Gasteiger partial charge in [-0.2, -0.15) is 0 Å². The number of phosphoric acid groups is 1. The highest BCUT2D eigenvalue weighted by molar-refractivity contribution is 7.47. The molecule has 0 amide bonds. The summed E-state index contributed by atoms with van der Waals surface area (Å²) in [6.45, 7) is 4.03. The average molecular weight is 869 g/mol. The molecule has 0 aliphatic heterocycles. The van der Waals surface area contributed by atoms with Crippen molar-refractivity contribution in [1.29, 1.82) is 0 Å². The second kappa shape index (κ2) is 37.3. The van der Waals surface area contributed by atoms with Gasteiger partial charge in [0.25, 0.3) is 0 Å². The first-order valence-corrected chi connectivity index (χ1v) is 24.3. The van der Waals surface area contributed by atoms with Gasteiger partial charge in [0, 0.05) is 13.0 Å². The minimum atomic E-state index is -5.03. The number of phosphoric ester groups is 1. The number of rotatable bonds is 37. The van der Waals surface area contributed by atoms with E-state index < -0.39 is 63.1 Å². The molecule has 0 saturated heterocycles. The zero-order valence-electron chi connectivity index (χ0n) is 36.7. The molecule has 0 bridgehead atoms. The van der Waals surface area contributed by atoms with Gasteiger partial charge in [0.1, 0.15) is 42.7 Å². The molecule has 0 aromatic carbocycles. The fourth-order valence-corrected chi connectivity index (χ4v) is 7.41. The number of ether oxygens (including phenoxy) is 2. The number of esters is 1. The van der Waals surface area contributed by atoms with Crippen LogP contribution in [0.2, 0.25) is 0 Å². The largest absolute Gasteiger partial charge is 0.472 e. The van der Waals surface area contributed by atoms with E-state index in [1.807, 2.05) is 0 Å². The molecule has 6 N–H and O–H groups in total. The molecule has 1 saturated carbocycles. The van der Waals surface area contributed by atoms with E-state index in [0.29, 0.717) is 13.0 Å². The number of carbonyl (C=O) groups is 1. The summed E-state index contributed by atoms with van der Waals surface area (Å²) in [5.74, 6) is -0.499. The van der Waals surface area contributed by atoms with Crippen molar-refractivity contribution in [3.8, 4) is 0 Å². The summed E-state index contributed by atoms with van der Waals surface area (Å²) in [5, 5.41) is 50.2. The third-order valence-corrected chi connectivity index (χ3v) is 11.0. The Bertz CT molecular complexity index is 1260. The molecule has 60 heavy (non-hydrogen) atoms. The van der Waals surface area contributed by atoms with E-state index in [1.54, 1.807) is 0 Å². The van der Waals surface area contributed by atoms with Crippen LogP contribution in [0.5, 0.6) is 0 Å². The second-order valence-electron chi connectivity index (χ2n) is 15.5. The molecule has 0 radical (unpaired) electrons. The summed E-state index contributed by atoms with van der Waals surface area (Å²) in [6.07, 6.45) is 35.4. The number of hydrogen-bond donors (Lipinski definition) is 6. The van der Waals surface area contributed by atoms with Crippen LogP contribution in [0, 0.1) is 0 Å². The van der Waals surface area contributed by atoms with Crippen LogP contribution in [-0.2, 0) is 27.9 Å². The Morgan fingerprint density at radius 1 is 0.550 bits per heavy atom. The van der Waals surface area contributed by atoms with E-state index in [0.717, 1.165) is 122 Å². The summed E-state index contributed by atoms with van der Waals surface area (Å²) >= 11 is 0. The molecule has 0 spiro atoms. The first-order valence-electron chi connectivity index (χ1n) is 22.8. The monoisotopic (exact) mass is 869 g/mol. The van der Waals surface area contributed by atoms with Gasteiger partial charge in [-0.05, 0) is 77.0 Å². The first-order chi connectivity index (χ1) is 29.0. The number of unbranched alkanes of at least 4 members (excludes halogenated alkanes) is 13. The molecule has 0 aromatic heterocycles. The second-order valence-corrected chi connectivity index (χ2v) is 16.9. The Kier molecular flexibility index (Phi) is 34.7. The molecule has 6 atom stereocenters. The third-order valence-electron chi connectivity index (χ3n) is 10.0. The fourth-order valence-electron chi connectivity index (χ4n) is 6.44. The lowest BCUT2D eigenvalue weighted by Crippen LogP contribution is -2.64. The molecule has 0 aromatic rings. The third kappa shape index (κ3) is 29.1. The summed E-state index contributed by atoms with van der Waals surface area (Å²) in [6, 6.07) is 0. The lowest BCUT2D eigenvalue weighted by molar-refractivity contribution is -0.220. The number of carbonyl (C=O) groups excluding carboxylic acids is 1. The molecular weight excluding hydrogens is 787 g/mol. The predicted molar refractivity (Wildman–Crippen MR) is 239 cm³/mol. The van der Waals surface area contributed by atoms with Gasteiger partial charge in [-0.25, -0.2) is 4.57 Å². The topological polar surface area (TPSA) is 192 Å². The minimum Gasteiger partial charge on any atom is -0.457 e. The molecular formula is C47H81O12P. The number of allylic oxidation sites excluding steroid dienone is 12. The van der Waals surface area contributed by atoms with Crippen LogP contribution in [0.25, 0.3) is 0 Å². The predicted octanol–water partition coefficient (Wildman–Crippen LogP) is 9.19. The Labute approximate surface area is 361 Å². The van der Waals surface area contributed by atoms with E-state index in [2.05, 4.69) is 86.8 Å². The van der Waals surface area contributed by atoms with Gasteiger partial charge in [0.05, 0.1) is 13.2 Å². The first kappa shape index (κ1) is 55.8. The SMILES string of the molecule is CC/C=C\C/C=C\C/C=C\C/C=C\CCCCCCCCC(=O)OC(COCCCCCCCC/C=C\C/C=C\CCC)COP(=O)(O)OC1C(O)C(O)C(O)C(O)C1O. The highest BCUT2D eigenvalue weighted by Crippen LogP contribution is 2.47. The Hall–Kier alpha value is -2.22. The van der Waals surface area contributed by atoms with Crippen molar-refractivity contribution in [3.05, 3.63) is 72.9 Å². The molecule has 1 fully saturated rings. The number of hydrogen-bond acceptors (Lipinski definition) is 11. The summed E-state index contributed by atoms with van der Waals surface area (Å²) in [4.78, 5) is 23.2. The van der Waals surface area contributed by atoms with Gasteiger partial charge in [-0.15, -0.1) is 0 Å². The van der Waals surface area contributed by atoms with Crippen molar-refractivity contribution in [1.82, 2.24) is 0 Å². The molecule has 12 nitrogen and oxygen atoms in total. The van der Waals surface area contributed by atoms with Gasteiger partial charge >= 0.3 is 13.8 Å². The fraction of sp³-hybridized carbons (Fsp3) is 0.723. The van der Waals surface area contributed by atoms with Crippen molar-refractivity contribution < 1.29 is 58.3 Å². The van der Waals surface area contributed by atoms with E-state index in [9.17, 15) is 39.8 Å². The van der Waals surface area contributed by atoms with Crippen LogP contribution in [0.1, 0.15) is 155 Å². The van der Waals surface area contributed by atoms with Crippen LogP contribution in [0.4, 0.5) is 0 Å². The lowest BCUT2D eigenvalue weighted by Gasteiger charge is -2.41. The van der Waals surface area contributed by atoms with Gasteiger partial charge in [0.2, 0.25) is 0 Å². The molecule has 0 heterocycles. The Morgan fingerprint density at radius 2 is 0.983 bits per heavy atom. The quantitative estimate of drug-likeness (QED) is 0.0150. The van der Waals surface area contributed by atoms with E-state index in [4.69, 9.17) is 18.5 Å². The van der Waals surface area contributed by atoms with Crippen LogP contribution in [0.3, 0.4) is 0 Å². The molecule has 1 rings (SSSR count). The van der Waals surface area contributed by atoms with Crippen LogP contribution >= 0.6 is 7.82 Å². The van der Waals surface area contributed by atoms with Gasteiger partial charge < -0.3 is 39.9 Å². The molecule has 6 unspecified atom stereocenters. The van der Waals surface area contributed by atoms with Crippen molar-refractivity contribution in [2.45, 2.75) is 198 Å². The van der Waals surface area contributed by atoms with Gasteiger partial charge in [-0.3, -0.25) is 13.8 Å². The Morgan fingerprint density at radius 3 is 1.50 bits per heavy atom. The molecule has 1 aliphatic carbocycles. The normalized spacial score (nSPS) is 23.0. The van der Waals surface area contributed by atoms with Gasteiger partial charge in [0.15, 0.2) is 0 Å². The highest BCUT2D eigenvalue weighted by atomic mass is 31.2. The summed E-state index contributed by atoms with van der Waals surface area (Å²) < 4.78 is 34.1. The maximum Gasteiger partial charge on any atom is 0.472 e. The number of aliphatic hydroxyl groups excluding tert-OH is 5. The highest BCUT2D eigenvalue weighted by Gasteiger charge is 2.51. The van der Waals surface area contributed by atoms with Gasteiger partial charge in [-0.1, -0.05) is 145 Å². The standard InChI is InChI=1S/C47H81O12P/c1-3-5-7-9-11-13-15-17-19-20-21-22-23-24-26-28-30-32-34-36-41(48)58-40(38-56-37-35-33-31-29-27-25-18-16-14-12-10-8-6-4-2)39-57-60(54,55)59-47-45(52)43(50)42(49)44(51)46(47)53/h5,7-8,10-11,13-14,16-17,19,21-22,40,42-47,49-53H,3-4,6,9,12,15,18,20,23-39H2,1-2H3,(H,54,55)/b7-5-,10-8-,13-11-,16-14-,19-17-,22-21-. The van der Waals surface area contributed by atoms with E-state index >= 15 is 0 Å². The maximum atomic E-state index is 12.8. The van der Waals surface area contributed by atoms with Crippen LogP contribution in [0.15, 0.2) is 72.9 Å². The summed E-state index contributed by atoms with van der Waals surface area (Å²) in [5.41, 5.74) is 0. The smallest absolute Gasteiger partial charge is 0.457 e.